The molecule has 0 unspecified atom stereocenters. The van der Waals surface area contributed by atoms with Gasteiger partial charge in [0.15, 0.2) is 4.77 Å². The summed E-state index contributed by atoms with van der Waals surface area (Å²) in [4.78, 5) is 12.5. The van der Waals surface area contributed by atoms with Gasteiger partial charge in [0.2, 0.25) is 0 Å². The normalized spacial score (nSPS) is 9.95. The lowest BCUT2D eigenvalue weighted by atomic mass is 10.1. The minimum absolute atomic E-state index is 0.0727. The molecule has 1 aromatic carbocycles. The van der Waals surface area contributed by atoms with Crippen molar-refractivity contribution in [3.63, 3.8) is 0 Å². The van der Waals surface area contributed by atoms with E-state index in [9.17, 15) is 10.1 Å². The Hall–Kier alpha value is -2.71. The van der Waals surface area contributed by atoms with E-state index in [0.29, 0.717) is 17.0 Å². The van der Waals surface area contributed by atoms with Crippen LogP contribution in [0.1, 0.15) is 5.56 Å². The Morgan fingerprint density at radius 3 is 2.27 bits per heavy atom. The summed E-state index contributed by atoms with van der Waals surface area (Å²) in [5.74, 6) is 0. The van der Waals surface area contributed by atoms with Crippen LogP contribution in [-0.4, -0.2) is 9.13 Å². The third-order valence-electron chi connectivity index (χ3n) is 3.21. The van der Waals surface area contributed by atoms with Gasteiger partial charge in [0.05, 0.1) is 5.69 Å². The van der Waals surface area contributed by atoms with Crippen molar-refractivity contribution in [2.45, 2.75) is 13.1 Å². The molecular formula is C17H15N3OS. The van der Waals surface area contributed by atoms with Crippen LogP contribution in [0.15, 0.2) is 60.4 Å². The molecular weight excluding hydrogens is 294 g/mol. The van der Waals surface area contributed by atoms with Gasteiger partial charge < -0.3 is 4.57 Å². The van der Waals surface area contributed by atoms with E-state index in [2.05, 4.69) is 13.2 Å². The zero-order valence-electron chi connectivity index (χ0n) is 12.0. The molecule has 0 aliphatic heterocycles. The van der Waals surface area contributed by atoms with E-state index in [1.165, 1.54) is 4.57 Å². The minimum Gasteiger partial charge on any atom is -0.313 e. The van der Waals surface area contributed by atoms with Crippen LogP contribution in [0.3, 0.4) is 0 Å². The maximum Gasteiger partial charge on any atom is 0.273 e. The Balaban J connectivity index is 2.96. The SMILES string of the molecule is C=CCn1c(-c2ccccc2)c(C#N)c(=O)n(CC=C)c1=S. The first-order chi connectivity index (χ1) is 10.7. The number of allylic oxidation sites excluding steroid dienone is 2. The second-order valence-corrected chi connectivity index (χ2v) is 4.95. The molecule has 1 heterocycles. The summed E-state index contributed by atoms with van der Waals surface area (Å²) >= 11 is 5.43. The smallest absolute Gasteiger partial charge is 0.273 e. The molecule has 5 heteroatoms. The summed E-state index contributed by atoms with van der Waals surface area (Å²) in [7, 11) is 0. The van der Waals surface area contributed by atoms with Crippen molar-refractivity contribution in [1.29, 1.82) is 5.26 Å². The predicted octanol–water partition coefficient (Wildman–Crippen LogP) is 3.29. The first-order valence-corrected chi connectivity index (χ1v) is 7.11. The van der Waals surface area contributed by atoms with Gasteiger partial charge in [-0.2, -0.15) is 5.26 Å². The number of benzene rings is 1. The molecule has 0 saturated heterocycles. The molecule has 0 radical (unpaired) electrons. The Morgan fingerprint density at radius 2 is 1.73 bits per heavy atom. The average Bonchev–Trinajstić information content (AvgIpc) is 2.54. The number of nitrogens with zero attached hydrogens (tertiary/aromatic N) is 3. The highest BCUT2D eigenvalue weighted by molar-refractivity contribution is 7.71. The second kappa shape index (κ2) is 6.83. The molecule has 0 atom stereocenters. The fraction of sp³-hybridized carbons (Fsp3) is 0.118. The summed E-state index contributed by atoms with van der Waals surface area (Å²) in [5, 5.41) is 9.47. The molecule has 1 aromatic heterocycles. The third-order valence-corrected chi connectivity index (χ3v) is 3.65. The monoisotopic (exact) mass is 309 g/mol. The molecule has 2 aromatic rings. The summed E-state index contributed by atoms with van der Waals surface area (Å²) in [6.07, 6.45) is 3.27. The molecule has 4 nitrogen and oxygen atoms in total. The van der Waals surface area contributed by atoms with E-state index in [1.807, 2.05) is 36.4 Å². The van der Waals surface area contributed by atoms with Crippen LogP contribution < -0.4 is 5.56 Å². The predicted molar refractivity (Wildman–Crippen MR) is 90.1 cm³/mol. The molecule has 0 amide bonds. The topological polar surface area (TPSA) is 50.7 Å². The van der Waals surface area contributed by atoms with Gasteiger partial charge in [-0.1, -0.05) is 42.5 Å². The number of rotatable bonds is 5. The molecule has 0 aliphatic rings. The van der Waals surface area contributed by atoms with E-state index in [0.717, 1.165) is 5.56 Å². The second-order valence-electron chi connectivity index (χ2n) is 4.59. The van der Waals surface area contributed by atoms with Crippen molar-refractivity contribution in [3.05, 3.63) is 76.3 Å². The van der Waals surface area contributed by atoms with Gasteiger partial charge in [-0.25, -0.2) is 0 Å². The van der Waals surface area contributed by atoms with Gasteiger partial charge in [-0.3, -0.25) is 9.36 Å². The fourth-order valence-corrected chi connectivity index (χ4v) is 2.61. The zero-order valence-corrected chi connectivity index (χ0v) is 12.8. The standard InChI is InChI=1S/C17H15N3OS/c1-3-10-19-15(13-8-6-5-7-9-13)14(12-18)16(21)20(11-4-2)17(19)22/h3-9H,1-2,10-11H2. The van der Waals surface area contributed by atoms with Crippen LogP contribution in [0.4, 0.5) is 0 Å². The van der Waals surface area contributed by atoms with Crippen LogP contribution in [0.5, 0.6) is 0 Å². The van der Waals surface area contributed by atoms with Gasteiger partial charge in [0.1, 0.15) is 11.6 Å². The Labute approximate surface area is 133 Å². The highest BCUT2D eigenvalue weighted by Crippen LogP contribution is 2.22. The van der Waals surface area contributed by atoms with Crippen LogP contribution in [0.2, 0.25) is 0 Å². The van der Waals surface area contributed by atoms with Gasteiger partial charge in [-0.05, 0) is 17.8 Å². The highest BCUT2D eigenvalue weighted by atomic mass is 32.1. The van der Waals surface area contributed by atoms with Crippen molar-refractivity contribution >= 4 is 12.2 Å². The molecule has 0 N–H and O–H groups in total. The molecule has 2 rings (SSSR count). The lowest BCUT2D eigenvalue weighted by molar-refractivity contribution is 0.655. The van der Waals surface area contributed by atoms with Crippen LogP contribution in [0, 0.1) is 16.1 Å². The van der Waals surface area contributed by atoms with E-state index >= 15 is 0 Å². The van der Waals surface area contributed by atoms with Gasteiger partial charge >= 0.3 is 0 Å². The Kier molecular flexibility index (Phi) is 4.87. The molecule has 0 spiro atoms. The first-order valence-electron chi connectivity index (χ1n) is 6.70. The third kappa shape index (κ3) is 2.69. The maximum absolute atomic E-state index is 12.5. The van der Waals surface area contributed by atoms with E-state index < -0.39 is 5.56 Å². The molecule has 22 heavy (non-hydrogen) atoms. The van der Waals surface area contributed by atoms with Crippen LogP contribution >= 0.6 is 12.2 Å². The molecule has 110 valence electrons. The molecule has 0 fully saturated rings. The number of nitriles is 1. The van der Waals surface area contributed by atoms with Crippen LogP contribution in [-0.2, 0) is 13.1 Å². The van der Waals surface area contributed by atoms with Gasteiger partial charge in [-0.15, -0.1) is 13.2 Å². The molecule has 0 aliphatic carbocycles. The summed E-state index contributed by atoms with van der Waals surface area (Å²) in [6, 6.07) is 11.3. The van der Waals surface area contributed by atoms with Gasteiger partial charge in [0, 0.05) is 13.1 Å². The number of aromatic nitrogens is 2. The zero-order chi connectivity index (χ0) is 16.1. The minimum atomic E-state index is -0.397. The van der Waals surface area contributed by atoms with E-state index in [4.69, 9.17) is 12.2 Å². The van der Waals surface area contributed by atoms with E-state index in [1.54, 1.807) is 16.7 Å². The highest BCUT2D eigenvalue weighted by Gasteiger charge is 2.17. The van der Waals surface area contributed by atoms with Crippen molar-refractivity contribution in [2.75, 3.05) is 0 Å². The van der Waals surface area contributed by atoms with Crippen LogP contribution in [0.25, 0.3) is 11.3 Å². The summed E-state index contributed by atoms with van der Waals surface area (Å²) in [6.45, 7) is 8.03. The largest absolute Gasteiger partial charge is 0.313 e. The first kappa shape index (κ1) is 15.7. The van der Waals surface area contributed by atoms with Crippen molar-refractivity contribution < 1.29 is 0 Å². The lowest BCUT2D eigenvalue weighted by Gasteiger charge is -2.17. The summed E-state index contributed by atoms with van der Waals surface area (Å²) in [5.41, 5.74) is 0.975. The average molecular weight is 309 g/mol. The van der Waals surface area contributed by atoms with Crippen molar-refractivity contribution in [1.82, 2.24) is 9.13 Å². The molecule has 0 saturated carbocycles. The number of hydrogen-bond acceptors (Lipinski definition) is 3. The lowest BCUT2D eigenvalue weighted by Crippen LogP contribution is -2.28. The fourth-order valence-electron chi connectivity index (χ4n) is 2.28. The van der Waals surface area contributed by atoms with Crippen molar-refractivity contribution in [3.8, 4) is 17.3 Å². The summed E-state index contributed by atoms with van der Waals surface area (Å²) < 4.78 is 3.47. The van der Waals surface area contributed by atoms with Crippen molar-refractivity contribution in [2.24, 2.45) is 0 Å². The Bertz CT molecular complexity index is 870. The quantitative estimate of drug-likeness (QED) is 0.629. The maximum atomic E-state index is 12.5. The number of hydrogen-bond donors (Lipinski definition) is 0. The Morgan fingerprint density at radius 1 is 1.14 bits per heavy atom. The molecule has 0 bridgehead atoms. The van der Waals surface area contributed by atoms with E-state index in [-0.39, 0.29) is 12.1 Å². The van der Waals surface area contributed by atoms with Gasteiger partial charge in [0.25, 0.3) is 5.56 Å².